The van der Waals surface area contributed by atoms with E-state index in [4.69, 9.17) is 0 Å². The van der Waals surface area contributed by atoms with Crippen LogP contribution in [0.15, 0.2) is 35.5 Å². The highest BCUT2D eigenvalue weighted by Gasteiger charge is 2.31. The number of hydrogen-bond donors (Lipinski definition) is 0. The fourth-order valence-corrected chi connectivity index (χ4v) is 2.50. The van der Waals surface area contributed by atoms with E-state index in [-0.39, 0.29) is 0 Å². The molecule has 0 unspecified atom stereocenters. The van der Waals surface area contributed by atoms with Crippen LogP contribution in [-0.2, 0) is 19.1 Å². The highest BCUT2D eigenvalue weighted by atomic mass is 16.6. The normalized spacial score (nSPS) is 15.3. The third-order valence-corrected chi connectivity index (χ3v) is 3.76. The van der Waals surface area contributed by atoms with Gasteiger partial charge in [0.2, 0.25) is 6.54 Å². The third kappa shape index (κ3) is 6.36. The van der Waals surface area contributed by atoms with Crippen molar-refractivity contribution in [3.63, 3.8) is 0 Å². The van der Waals surface area contributed by atoms with Gasteiger partial charge in [0, 0.05) is 4.92 Å². The minimum absolute atomic E-state index is 0.349. The zero-order chi connectivity index (χ0) is 17.9. The molecule has 7 heteroatoms. The Hall–Kier alpha value is -2.44. The SMILES string of the molecule is COC(=O)C(C(=O)OC)C(/C=C\C[N+](=O)[O-])=C/CC1=CCCCC1. The van der Waals surface area contributed by atoms with Crippen LogP contribution in [0.3, 0.4) is 0 Å². The molecular formula is C17H23NO6. The van der Waals surface area contributed by atoms with Crippen molar-refractivity contribution in [2.24, 2.45) is 5.92 Å². The van der Waals surface area contributed by atoms with Crippen LogP contribution in [-0.4, -0.2) is 37.6 Å². The number of carbonyl (C=O) groups excluding carboxylic acids is 2. The zero-order valence-corrected chi connectivity index (χ0v) is 14.0. The van der Waals surface area contributed by atoms with E-state index in [9.17, 15) is 19.7 Å². The monoisotopic (exact) mass is 337 g/mol. The molecule has 0 aromatic carbocycles. The molecule has 0 bridgehead atoms. The van der Waals surface area contributed by atoms with Crippen molar-refractivity contribution in [2.45, 2.75) is 32.1 Å². The summed E-state index contributed by atoms with van der Waals surface area (Å²) in [5.41, 5.74) is 1.58. The highest BCUT2D eigenvalue weighted by Crippen LogP contribution is 2.24. The van der Waals surface area contributed by atoms with Gasteiger partial charge in [-0.15, -0.1) is 0 Å². The van der Waals surface area contributed by atoms with E-state index in [1.54, 1.807) is 6.08 Å². The number of ether oxygens (including phenoxy) is 2. The van der Waals surface area contributed by atoms with Gasteiger partial charge in [0.15, 0.2) is 5.92 Å². The molecule has 1 rings (SSSR count). The van der Waals surface area contributed by atoms with Gasteiger partial charge in [0.05, 0.1) is 14.2 Å². The van der Waals surface area contributed by atoms with E-state index in [0.717, 1.165) is 25.7 Å². The summed E-state index contributed by atoms with van der Waals surface area (Å²) in [6, 6.07) is 0. The molecule has 132 valence electrons. The fourth-order valence-electron chi connectivity index (χ4n) is 2.50. The predicted molar refractivity (Wildman–Crippen MR) is 87.8 cm³/mol. The average Bonchev–Trinajstić information content (AvgIpc) is 2.59. The summed E-state index contributed by atoms with van der Waals surface area (Å²) < 4.78 is 9.35. The van der Waals surface area contributed by atoms with Gasteiger partial charge in [-0.3, -0.25) is 19.7 Å². The molecule has 0 aliphatic heterocycles. The van der Waals surface area contributed by atoms with Crippen molar-refractivity contribution < 1.29 is 24.0 Å². The quantitative estimate of drug-likeness (QED) is 0.169. The van der Waals surface area contributed by atoms with E-state index in [0.29, 0.717) is 12.0 Å². The van der Waals surface area contributed by atoms with Crippen LogP contribution in [0.2, 0.25) is 0 Å². The number of carbonyl (C=O) groups is 2. The summed E-state index contributed by atoms with van der Waals surface area (Å²) in [4.78, 5) is 33.9. The molecule has 1 aliphatic rings. The van der Waals surface area contributed by atoms with Gasteiger partial charge in [-0.05, 0) is 43.8 Å². The molecule has 0 amide bonds. The van der Waals surface area contributed by atoms with Crippen LogP contribution < -0.4 is 0 Å². The maximum absolute atomic E-state index is 12.0. The van der Waals surface area contributed by atoms with Crippen molar-refractivity contribution >= 4 is 11.9 Å². The zero-order valence-electron chi connectivity index (χ0n) is 14.0. The van der Waals surface area contributed by atoms with Crippen molar-refractivity contribution in [2.75, 3.05) is 20.8 Å². The Balaban J connectivity index is 3.05. The summed E-state index contributed by atoms with van der Waals surface area (Å²) in [5, 5.41) is 10.5. The van der Waals surface area contributed by atoms with Gasteiger partial charge < -0.3 is 9.47 Å². The standard InChI is InChI=1S/C17H23NO6/c1-23-16(19)15(17(20)24-2)14(9-6-12-18(21)22)11-10-13-7-4-3-5-8-13/h6-7,9,11,15H,3-5,8,10,12H2,1-2H3/b9-6-,14-11+. The molecule has 0 spiro atoms. The number of esters is 2. The van der Waals surface area contributed by atoms with Gasteiger partial charge >= 0.3 is 11.9 Å². The second kappa shape index (κ2) is 10.4. The van der Waals surface area contributed by atoms with Crippen LogP contribution >= 0.6 is 0 Å². The largest absolute Gasteiger partial charge is 0.468 e. The van der Waals surface area contributed by atoms with Crippen LogP contribution in [0.5, 0.6) is 0 Å². The number of nitro groups is 1. The predicted octanol–water partition coefficient (Wildman–Crippen LogP) is 2.60. The van der Waals surface area contributed by atoms with Gasteiger partial charge in [-0.2, -0.15) is 0 Å². The molecule has 0 atom stereocenters. The Morgan fingerprint density at radius 3 is 2.46 bits per heavy atom. The molecule has 7 nitrogen and oxygen atoms in total. The lowest BCUT2D eigenvalue weighted by Crippen LogP contribution is -2.28. The first-order valence-electron chi connectivity index (χ1n) is 7.81. The molecule has 0 saturated carbocycles. The lowest BCUT2D eigenvalue weighted by Gasteiger charge is -2.15. The summed E-state index contributed by atoms with van der Waals surface area (Å²) in [7, 11) is 2.36. The third-order valence-electron chi connectivity index (χ3n) is 3.76. The van der Waals surface area contributed by atoms with Crippen molar-refractivity contribution in [3.8, 4) is 0 Å². The molecule has 1 aliphatic carbocycles. The smallest absolute Gasteiger partial charge is 0.324 e. The molecular weight excluding hydrogens is 314 g/mol. The molecule has 0 saturated heterocycles. The van der Waals surface area contributed by atoms with Gasteiger partial charge in [0.1, 0.15) is 0 Å². The Labute approximate surface area is 141 Å². The molecule has 0 aromatic rings. The lowest BCUT2D eigenvalue weighted by atomic mass is 9.93. The molecule has 0 radical (unpaired) electrons. The summed E-state index contributed by atoms with van der Waals surface area (Å²) >= 11 is 0. The number of rotatable bonds is 8. The van der Waals surface area contributed by atoms with Crippen molar-refractivity contribution in [1.29, 1.82) is 0 Å². The maximum atomic E-state index is 12.0. The van der Waals surface area contributed by atoms with Crippen LogP contribution in [0.4, 0.5) is 0 Å². The van der Waals surface area contributed by atoms with E-state index >= 15 is 0 Å². The Kier molecular flexibility index (Phi) is 8.46. The van der Waals surface area contributed by atoms with Crippen molar-refractivity contribution in [3.05, 3.63) is 45.6 Å². The average molecular weight is 337 g/mol. The van der Waals surface area contributed by atoms with E-state index in [1.807, 2.05) is 0 Å². The Bertz CT molecular complexity index is 545. The van der Waals surface area contributed by atoms with Gasteiger partial charge in [0.25, 0.3) is 0 Å². The second-order valence-corrected chi connectivity index (χ2v) is 5.41. The van der Waals surface area contributed by atoms with Crippen LogP contribution in [0.25, 0.3) is 0 Å². The van der Waals surface area contributed by atoms with Gasteiger partial charge in [-0.1, -0.05) is 23.8 Å². The van der Waals surface area contributed by atoms with E-state index < -0.39 is 29.3 Å². The number of allylic oxidation sites excluding steroid dienone is 4. The molecule has 24 heavy (non-hydrogen) atoms. The molecule has 0 aromatic heterocycles. The van der Waals surface area contributed by atoms with Crippen LogP contribution in [0.1, 0.15) is 32.1 Å². The Morgan fingerprint density at radius 2 is 1.96 bits per heavy atom. The lowest BCUT2D eigenvalue weighted by molar-refractivity contribution is -0.468. The second-order valence-electron chi connectivity index (χ2n) is 5.41. The molecule has 0 fully saturated rings. The Morgan fingerprint density at radius 1 is 1.29 bits per heavy atom. The fraction of sp³-hybridized carbons (Fsp3) is 0.529. The number of hydrogen-bond acceptors (Lipinski definition) is 6. The number of methoxy groups -OCH3 is 2. The molecule has 0 N–H and O–H groups in total. The van der Waals surface area contributed by atoms with E-state index in [2.05, 4.69) is 15.5 Å². The van der Waals surface area contributed by atoms with Crippen molar-refractivity contribution in [1.82, 2.24) is 0 Å². The van der Waals surface area contributed by atoms with Gasteiger partial charge in [-0.25, -0.2) is 0 Å². The summed E-state index contributed by atoms with van der Waals surface area (Å²) in [6.45, 7) is -0.394. The maximum Gasteiger partial charge on any atom is 0.324 e. The first-order chi connectivity index (χ1) is 11.5. The van der Waals surface area contributed by atoms with E-state index in [1.165, 1.54) is 31.9 Å². The summed E-state index contributed by atoms with van der Waals surface area (Å²) in [5.74, 6) is -2.75. The molecule has 0 heterocycles. The minimum atomic E-state index is -1.24. The van der Waals surface area contributed by atoms with Crippen LogP contribution in [0, 0.1) is 16.0 Å². The topological polar surface area (TPSA) is 95.7 Å². The first-order valence-corrected chi connectivity index (χ1v) is 7.81. The first kappa shape index (κ1) is 19.6. The summed E-state index contributed by atoms with van der Waals surface area (Å²) in [6.07, 6.45) is 11.5. The number of nitrogens with zero attached hydrogens (tertiary/aromatic N) is 1. The highest BCUT2D eigenvalue weighted by molar-refractivity contribution is 5.98. The minimum Gasteiger partial charge on any atom is -0.468 e.